The van der Waals surface area contributed by atoms with Crippen LogP contribution in [0.3, 0.4) is 0 Å². The minimum atomic E-state index is -0.527. The second-order valence-electron chi connectivity index (χ2n) is 6.04. The third-order valence-electron chi connectivity index (χ3n) is 4.24. The molecule has 0 radical (unpaired) electrons. The third-order valence-corrected chi connectivity index (χ3v) is 5.17. The molecule has 1 aliphatic carbocycles. The van der Waals surface area contributed by atoms with Gasteiger partial charge >= 0.3 is 0 Å². The Bertz CT molecular complexity index is 890. The van der Waals surface area contributed by atoms with E-state index in [0.29, 0.717) is 16.4 Å². The average molecular weight is 340 g/mol. The maximum Gasteiger partial charge on any atom is 0.261 e. The Labute approximate surface area is 142 Å². The maximum atomic E-state index is 12.5. The number of furan rings is 1. The normalized spacial score (nSPS) is 15.3. The van der Waals surface area contributed by atoms with E-state index in [9.17, 15) is 9.59 Å². The first-order chi connectivity index (χ1) is 11.6. The van der Waals surface area contributed by atoms with Crippen LogP contribution in [0.1, 0.15) is 44.7 Å². The van der Waals surface area contributed by atoms with Gasteiger partial charge in [-0.15, -0.1) is 11.3 Å². The standard InChI is InChI=1S/C18H16N2O3S/c19-17(21)12-8-15(24-9-12)18(22)20-16(10-5-6-10)14-7-11-3-1-2-4-13(11)23-14/h1-4,7-10,16H,5-6H2,(H2,19,21)(H,20,22)/t16-/m0/s1. The zero-order chi connectivity index (χ0) is 16.7. The van der Waals surface area contributed by atoms with Crippen LogP contribution in [0.5, 0.6) is 0 Å². The van der Waals surface area contributed by atoms with Gasteiger partial charge in [0.15, 0.2) is 0 Å². The number of hydrogen-bond acceptors (Lipinski definition) is 4. The molecule has 3 aromatic rings. The van der Waals surface area contributed by atoms with E-state index >= 15 is 0 Å². The van der Waals surface area contributed by atoms with Crippen LogP contribution >= 0.6 is 11.3 Å². The maximum absolute atomic E-state index is 12.5. The Hall–Kier alpha value is -2.60. The molecule has 122 valence electrons. The largest absolute Gasteiger partial charge is 0.459 e. The lowest BCUT2D eigenvalue weighted by molar-refractivity contribution is 0.0930. The summed E-state index contributed by atoms with van der Waals surface area (Å²) in [6.45, 7) is 0. The van der Waals surface area contributed by atoms with Crippen LogP contribution in [-0.4, -0.2) is 11.8 Å². The lowest BCUT2D eigenvalue weighted by atomic mass is 10.1. The van der Waals surface area contributed by atoms with E-state index in [1.807, 2.05) is 30.3 Å². The van der Waals surface area contributed by atoms with Crippen molar-refractivity contribution in [3.8, 4) is 0 Å². The topological polar surface area (TPSA) is 85.3 Å². The first kappa shape index (κ1) is 15.0. The van der Waals surface area contributed by atoms with Gasteiger partial charge in [0.05, 0.1) is 16.5 Å². The number of amides is 2. The van der Waals surface area contributed by atoms with E-state index in [4.69, 9.17) is 10.2 Å². The second-order valence-corrected chi connectivity index (χ2v) is 6.95. The molecule has 1 fully saturated rings. The van der Waals surface area contributed by atoms with E-state index in [1.165, 1.54) is 17.4 Å². The molecule has 1 aromatic carbocycles. The van der Waals surface area contributed by atoms with E-state index in [2.05, 4.69) is 5.32 Å². The number of rotatable bonds is 5. The summed E-state index contributed by atoms with van der Waals surface area (Å²) in [6.07, 6.45) is 2.14. The average Bonchev–Trinajstić information content (AvgIpc) is 3.12. The monoisotopic (exact) mass is 340 g/mol. The Morgan fingerprint density at radius 3 is 2.71 bits per heavy atom. The van der Waals surface area contributed by atoms with Gasteiger partial charge in [0.25, 0.3) is 5.91 Å². The van der Waals surface area contributed by atoms with Gasteiger partial charge in [-0.05, 0) is 37.0 Å². The molecule has 3 N–H and O–H groups in total. The van der Waals surface area contributed by atoms with Gasteiger partial charge < -0.3 is 15.5 Å². The smallest absolute Gasteiger partial charge is 0.261 e. The van der Waals surface area contributed by atoms with Crippen LogP contribution in [0.25, 0.3) is 11.0 Å². The summed E-state index contributed by atoms with van der Waals surface area (Å²) in [4.78, 5) is 24.2. The Morgan fingerprint density at radius 1 is 1.25 bits per heavy atom. The summed E-state index contributed by atoms with van der Waals surface area (Å²) < 4.78 is 5.93. The predicted octanol–water partition coefficient (Wildman–Crippen LogP) is 3.47. The third kappa shape index (κ3) is 2.80. The van der Waals surface area contributed by atoms with Crippen LogP contribution in [-0.2, 0) is 0 Å². The van der Waals surface area contributed by atoms with E-state index in [1.54, 1.807) is 5.38 Å². The zero-order valence-corrected chi connectivity index (χ0v) is 13.6. The molecule has 2 amide bonds. The van der Waals surface area contributed by atoms with Crippen molar-refractivity contribution in [2.45, 2.75) is 18.9 Å². The van der Waals surface area contributed by atoms with Crippen LogP contribution < -0.4 is 11.1 Å². The first-order valence-electron chi connectivity index (χ1n) is 7.79. The molecular formula is C18H16N2O3S. The molecule has 1 saturated carbocycles. The quantitative estimate of drug-likeness (QED) is 0.746. The highest BCUT2D eigenvalue weighted by molar-refractivity contribution is 7.12. The van der Waals surface area contributed by atoms with Crippen LogP contribution in [0.15, 0.2) is 46.2 Å². The van der Waals surface area contributed by atoms with Gasteiger partial charge in [-0.2, -0.15) is 0 Å². The van der Waals surface area contributed by atoms with Crippen molar-refractivity contribution >= 4 is 34.1 Å². The van der Waals surface area contributed by atoms with Gasteiger partial charge in [0.2, 0.25) is 5.91 Å². The molecule has 1 aliphatic rings. The summed E-state index contributed by atoms with van der Waals surface area (Å²) in [7, 11) is 0. The molecular weight excluding hydrogens is 324 g/mol. The number of primary amides is 1. The summed E-state index contributed by atoms with van der Waals surface area (Å²) >= 11 is 1.22. The SMILES string of the molecule is NC(=O)c1csc(C(=O)N[C@H](c2cc3ccccc3o2)C2CC2)c1. The molecule has 0 aliphatic heterocycles. The number of fused-ring (bicyclic) bond motifs is 1. The lowest BCUT2D eigenvalue weighted by Gasteiger charge is -2.15. The molecule has 2 heterocycles. The van der Waals surface area contributed by atoms with Gasteiger partial charge in [-0.25, -0.2) is 0 Å². The predicted molar refractivity (Wildman–Crippen MR) is 92.0 cm³/mol. The first-order valence-corrected chi connectivity index (χ1v) is 8.67. The Morgan fingerprint density at radius 2 is 2.04 bits per heavy atom. The number of hydrogen-bond donors (Lipinski definition) is 2. The fraction of sp³-hybridized carbons (Fsp3) is 0.222. The number of carbonyl (C=O) groups excluding carboxylic acids is 2. The fourth-order valence-corrected chi connectivity index (χ4v) is 3.60. The van der Waals surface area contributed by atoms with Gasteiger partial charge in [0.1, 0.15) is 11.3 Å². The van der Waals surface area contributed by atoms with E-state index < -0.39 is 5.91 Å². The van der Waals surface area contributed by atoms with Gasteiger partial charge in [-0.3, -0.25) is 9.59 Å². The van der Waals surface area contributed by atoms with E-state index in [0.717, 1.165) is 29.6 Å². The number of carbonyl (C=O) groups is 2. The number of para-hydroxylation sites is 1. The molecule has 1 atom stereocenters. The molecule has 24 heavy (non-hydrogen) atoms. The van der Waals surface area contributed by atoms with Crippen LogP contribution in [0.2, 0.25) is 0 Å². The lowest BCUT2D eigenvalue weighted by Crippen LogP contribution is -2.29. The molecule has 0 unspecified atom stereocenters. The van der Waals surface area contributed by atoms with Crippen LogP contribution in [0, 0.1) is 5.92 Å². The molecule has 2 aromatic heterocycles. The highest BCUT2D eigenvalue weighted by Crippen LogP contribution is 2.42. The van der Waals surface area contributed by atoms with Crippen molar-refractivity contribution in [1.82, 2.24) is 5.32 Å². The molecule has 0 saturated heterocycles. The number of benzene rings is 1. The Kier molecular flexibility index (Phi) is 3.61. The van der Waals surface area contributed by atoms with Crippen LogP contribution in [0.4, 0.5) is 0 Å². The molecule has 0 bridgehead atoms. The fourth-order valence-electron chi connectivity index (χ4n) is 2.80. The highest BCUT2D eigenvalue weighted by atomic mass is 32.1. The number of nitrogens with two attached hydrogens (primary N) is 1. The van der Waals surface area contributed by atoms with Crippen molar-refractivity contribution in [3.63, 3.8) is 0 Å². The van der Waals surface area contributed by atoms with Crippen molar-refractivity contribution in [2.24, 2.45) is 11.7 Å². The summed E-state index contributed by atoms with van der Waals surface area (Å²) in [5.41, 5.74) is 6.42. The highest BCUT2D eigenvalue weighted by Gasteiger charge is 2.36. The summed E-state index contributed by atoms with van der Waals surface area (Å²) in [5, 5.41) is 5.68. The molecule has 5 nitrogen and oxygen atoms in total. The van der Waals surface area contributed by atoms with Crippen molar-refractivity contribution in [3.05, 3.63) is 58.0 Å². The van der Waals surface area contributed by atoms with E-state index in [-0.39, 0.29) is 11.9 Å². The minimum absolute atomic E-state index is 0.149. The number of thiophene rings is 1. The molecule has 4 rings (SSSR count). The molecule has 0 spiro atoms. The summed E-state index contributed by atoms with van der Waals surface area (Å²) in [5.74, 6) is 0.440. The molecule has 6 heteroatoms. The van der Waals surface area contributed by atoms with Crippen molar-refractivity contribution in [1.29, 1.82) is 0 Å². The van der Waals surface area contributed by atoms with Gasteiger partial charge in [0, 0.05) is 10.8 Å². The minimum Gasteiger partial charge on any atom is -0.459 e. The number of nitrogens with one attached hydrogen (secondary N) is 1. The summed E-state index contributed by atoms with van der Waals surface area (Å²) in [6, 6.07) is 11.2. The van der Waals surface area contributed by atoms with Crippen molar-refractivity contribution < 1.29 is 14.0 Å². The van der Waals surface area contributed by atoms with Crippen molar-refractivity contribution in [2.75, 3.05) is 0 Å². The Balaban J connectivity index is 1.59. The van der Waals surface area contributed by atoms with Gasteiger partial charge in [-0.1, -0.05) is 18.2 Å². The second kappa shape index (κ2) is 5.79. The zero-order valence-electron chi connectivity index (χ0n) is 12.8.